The van der Waals surface area contributed by atoms with Gasteiger partial charge in [-0.25, -0.2) is 9.69 Å². The number of aromatic hydroxyl groups is 1. The molecular weight excluding hydrogens is 288 g/mol. The van der Waals surface area contributed by atoms with E-state index in [9.17, 15) is 14.7 Å². The third-order valence-electron chi connectivity index (χ3n) is 3.55. The molecule has 0 spiro atoms. The molecule has 0 bridgehead atoms. The molecule has 1 atom stereocenters. The molecule has 7 heteroatoms. The van der Waals surface area contributed by atoms with Gasteiger partial charge in [0.2, 0.25) is 5.91 Å². The zero-order valence-electron chi connectivity index (χ0n) is 11.6. The van der Waals surface area contributed by atoms with Crippen LogP contribution in [0.5, 0.6) is 5.75 Å². The molecule has 22 heavy (non-hydrogen) atoms. The summed E-state index contributed by atoms with van der Waals surface area (Å²) in [6, 6.07) is 8.18. The summed E-state index contributed by atoms with van der Waals surface area (Å²) >= 11 is 0. The number of hydrogen-bond acceptors (Lipinski definition) is 6. The highest BCUT2D eigenvalue weighted by Crippen LogP contribution is 2.29. The highest BCUT2D eigenvalue weighted by molar-refractivity contribution is 5.93. The lowest BCUT2D eigenvalue weighted by molar-refractivity contribution is -0.128. The lowest BCUT2D eigenvalue weighted by Gasteiger charge is -2.17. The van der Waals surface area contributed by atoms with Crippen LogP contribution in [0.4, 0.5) is 4.79 Å². The number of carbonyl (C=O) groups excluding carboxylic acids is 2. The molecule has 0 radical (unpaired) electrons. The van der Waals surface area contributed by atoms with Crippen molar-refractivity contribution >= 4 is 12.0 Å². The van der Waals surface area contributed by atoms with Crippen LogP contribution in [0, 0.1) is 0 Å². The van der Waals surface area contributed by atoms with Crippen molar-refractivity contribution < 1.29 is 24.0 Å². The number of phenolic OH excluding ortho intramolecular Hbond substituents is 1. The van der Waals surface area contributed by atoms with Gasteiger partial charge in [0.25, 0.3) is 0 Å². The Hall–Kier alpha value is -2.83. The second kappa shape index (κ2) is 5.88. The molecule has 114 valence electrons. The second-order valence-electron chi connectivity index (χ2n) is 4.93. The van der Waals surface area contributed by atoms with Gasteiger partial charge < -0.3 is 14.4 Å². The van der Waals surface area contributed by atoms with E-state index in [1.165, 1.54) is 18.4 Å². The summed E-state index contributed by atoms with van der Waals surface area (Å²) in [5, 5.41) is 13.3. The molecule has 1 aliphatic heterocycles. The third-order valence-corrected chi connectivity index (χ3v) is 3.55. The van der Waals surface area contributed by atoms with E-state index >= 15 is 0 Å². The van der Waals surface area contributed by atoms with Crippen LogP contribution in [0.15, 0.2) is 41.1 Å². The van der Waals surface area contributed by atoms with Gasteiger partial charge in [0.15, 0.2) is 0 Å². The Morgan fingerprint density at radius 3 is 2.68 bits per heavy atom. The van der Waals surface area contributed by atoms with Gasteiger partial charge in [-0.15, -0.1) is 0 Å². The van der Waals surface area contributed by atoms with Gasteiger partial charge in [-0.2, -0.15) is 0 Å². The molecule has 2 amide bonds. The summed E-state index contributed by atoms with van der Waals surface area (Å²) in [5.74, 6) is -0.555. The summed E-state index contributed by atoms with van der Waals surface area (Å²) in [6.07, 6.45) is 0.874. The summed E-state index contributed by atoms with van der Waals surface area (Å²) in [7, 11) is 0. The van der Waals surface area contributed by atoms with Crippen LogP contribution < -0.4 is 0 Å². The molecule has 0 saturated carbocycles. The molecule has 1 saturated heterocycles. The summed E-state index contributed by atoms with van der Waals surface area (Å²) < 4.78 is 9.63. The molecule has 3 rings (SSSR count). The number of hydrogen-bond donors (Lipinski definition) is 1. The number of ether oxygens (including phenoxy) is 1. The number of benzene rings is 1. The molecule has 1 aromatic carbocycles. The largest absolute Gasteiger partial charge is 0.508 e. The minimum Gasteiger partial charge on any atom is -0.508 e. The molecule has 1 aliphatic rings. The smallest absolute Gasteiger partial charge is 0.416 e. The van der Waals surface area contributed by atoms with E-state index < -0.39 is 6.09 Å². The Morgan fingerprint density at radius 2 is 2.09 bits per heavy atom. The number of rotatable bonds is 4. The predicted octanol–water partition coefficient (Wildman–Crippen LogP) is 1.88. The van der Waals surface area contributed by atoms with Gasteiger partial charge in [-0.05, 0) is 17.7 Å². The molecule has 1 N–H and O–H groups in total. The van der Waals surface area contributed by atoms with Crippen molar-refractivity contribution in [1.82, 2.24) is 10.1 Å². The van der Waals surface area contributed by atoms with Crippen molar-refractivity contribution in [3.63, 3.8) is 0 Å². The van der Waals surface area contributed by atoms with E-state index in [4.69, 9.17) is 9.26 Å². The Kier molecular flexibility index (Phi) is 3.78. The Morgan fingerprint density at radius 1 is 1.32 bits per heavy atom. The number of imide groups is 1. The fourth-order valence-electron chi connectivity index (χ4n) is 2.41. The fourth-order valence-corrected chi connectivity index (χ4v) is 2.41. The molecule has 1 aromatic heterocycles. The second-order valence-corrected chi connectivity index (χ2v) is 4.93. The number of nitrogens with zero attached hydrogens (tertiary/aromatic N) is 2. The first-order chi connectivity index (χ1) is 10.6. The number of phenols is 1. The standard InChI is InChI=1S/C15H14N2O5/c18-11-3-1-10(2-4-11)12(13-5-7-22-16-13)9-14(19)17-6-8-21-15(17)20/h1-5,7,12,18H,6,8-9H2/t12-/m0/s1. The van der Waals surface area contributed by atoms with Crippen LogP contribution in [-0.4, -0.2) is 40.3 Å². The Balaban J connectivity index is 1.84. The average Bonchev–Trinajstić information content (AvgIpc) is 3.17. The van der Waals surface area contributed by atoms with Gasteiger partial charge >= 0.3 is 6.09 Å². The molecule has 7 nitrogen and oxygen atoms in total. The Bertz CT molecular complexity index is 666. The SMILES string of the molecule is O=C(C[C@@H](c1ccc(O)cc1)c1ccon1)N1CCOC1=O. The first-order valence-corrected chi connectivity index (χ1v) is 6.81. The van der Waals surface area contributed by atoms with Gasteiger partial charge in [0, 0.05) is 18.4 Å². The van der Waals surface area contributed by atoms with Crippen LogP contribution in [0.3, 0.4) is 0 Å². The maximum atomic E-state index is 12.3. The van der Waals surface area contributed by atoms with Gasteiger partial charge in [0.1, 0.15) is 18.6 Å². The van der Waals surface area contributed by atoms with Crippen molar-refractivity contribution in [3.8, 4) is 5.75 Å². The van der Waals surface area contributed by atoms with Crippen molar-refractivity contribution in [2.75, 3.05) is 13.2 Å². The zero-order valence-corrected chi connectivity index (χ0v) is 11.6. The monoisotopic (exact) mass is 302 g/mol. The highest BCUT2D eigenvalue weighted by atomic mass is 16.6. The zero-order chi connectivity index (χ0) is 15.5. The Labute approximate surface area is 126 Å². The van der Waals surface area contributed by atoms with Crippen LogP contribution >= 0.6 is 0 Å². The lowest BCUT2D eigenvalue weighted by atomic mass is 9.92. The van der Waals surface area contributed by atoms with Gasteiger partial charge in [-0.1, -0.05) is 17.3 Å². The molecule has 0 unspecified atom stereocenters. The average molecular weight is 302 g/mol. The predicted molar refractivity (Wildman–Crippen MR) is 74.1 cm³/mol. The fraction of sp³-hybridized carbons (Fsp3) is 0.267. The summed E-state index contributed by atoms with van der Waals surface area (Å²) in [4.78, 5) is 24.9. The molecule has 1 fully saturated rings. The van der Waals surface area contributed by atoms with Crippen LogP contribution in [0.25, 0.3) is 0 Å². The molecular formula is C15H14N2O5. The van der Waals surface area contributed by atoms with Crippen molar-refractivity contribution in [3.05, 3.63) is 47.9 Å². The first kappa shape index (κ1) is 14.1. The minimum atomic E-state index is -0.616. The van der Waals surface area contributed by atoms with Crippen LogP contribution in [0.2, 0.25) is 0 Å². The van der Waals surface area contributed by atoms with Gasteiger partial charge in [-0.3, -0.25) is 4.79 Å². The van der Waals surface area contributed by atoms with E-state index in [0.29, 0.717) is 5.69 Å². The van der Waals surface area contributed by atoms with Crippen LogP contribution in [0.1, 0.15) is 23.6 Å². The van der Waals surface area contributed by atoms with Gasteiger partial charge in [0.05, 0.1) is 12.2 Å². The third kappa shape index (κ3) is 2.78. The number of aromatic nitrogens is 1. The lowest BCUT2D eigenvalue weighted by Crippen LogP contribution is -2.32. The van der Waals surface area contributed by atoms with Crippen molar-refractivity contribution in [2.24, 2.45) is 0 Å². The van der Waals surface area contributed by atoms with Crippen molar-refractivity contribution in [1.29, 1.82) is 0 Å². The summed E-state index contributed by atoms with van der Waals surface area (Å²) in [5.41, 5.74) is 1.39. The van der Waals surface area contributed by atoms with Crippen molar-refractivity contribution in [2.45, 2.75) is 12.3 Å². The maximum absolute atomic E-state index is 12.3. The van der Waals surface area contributed by atoms with Crippen LogP contribution in [-0.2, 0) is 9.53 Å². The van der Waals surface area contributed by atoms with E-state index in [1.807, 2.05) is 0 Å². The topological polar surface area (TPSA) is 92.9 Å². The molecule has 0 aliphatic carbocycles. The molecule has 2 heterocycles. The number of cyclic esters (lactones) is 1. The van der Waals surface area contributed by atoms with E-state index in [0.717, 1.165) is 10.5 Å². The summed E-state index contributed by atoms with van der Waals surface area (Å²) in [6.45, 7) is 0.483. The normalized spacial score (nSPS) is 15.6. The maximum Gasteiger partial charge on any atom is 0.416 e. The molecule has 2 aromatic rings. The number of carbonyl (C=O) groups is 2. The quantitative estimate of drug-likeness (QED) is 0.927. The van der Waals surface area contributed by atoms with E-state index in [1.54, 1.807) is 18.2 Å². The van der Waals surface area contributed by atoms with E-state index in [2.05, 4.69) is 5.16 Å². The first-order valence-electron chi connectivity index (χ1n) is 6.81. The minimum absolute atomic E-state index is 0.0619. The highest BCUT2D eigenvalue weighted by Gasteiger charge is 2.31. The number of amides is 2. The van der Waals surface area contributed by atoms with E-state index in [-0.39, 0.29) is 37.1 Å².